The maximum Gasteiger partial charge on any atom is 0.119 e. The molecule has 0 aliphatic heterocycles. The Balaban J connectivity index is 2.68. The Hall–Kier alpha value is -1.06. The molecule has 16 heavy (non-hydrogen) atoms. The van der Waals surface area contributed by atoms with Gasteiger partial charge in [0.25, 0.3) is 0 Å². The first-order chi connectivity index (χ1) is 7.67. The van der Waals surface area contributed by atoms with Crippen molar-refractivity contribution in [2.45, 2.75) is 26.4 Å². The molecular weight excluding hydrogens is 200 g/mol. The van der Waals surface area contributed by atoms with Gasteiger partial charge in [0.15, 0.2) is 0 Å². The topological polar surface area (TPSA) is 38.5 Å². The number of nitrogens with two attached hydrogens (primary N) is 1. The Morgan fingerprint density at radius 2 is 2.12 bits per heavy atom. The average Bonchev–Trinajstić information content (AvgIpc) is 2.28. The molecule has 3 nitrogen and oxygen atoms in total. The van der Waals surface area contributed by atoms with E-state index in [0.29, 0.717) is 12.6 Å². The molecule has 0 amide bonds. The van der Waals surface area contributed by atoms with Gasteiger partial charge in [-0.05, 0) is 31.5 Å². The Morgan fingerprint density at radius 1 is 1.38 bits per heavy atom. The van der Waals surface area contributed by atoms with Crippen molar-refractivity contribution in [1.82, 2.24) is 4.90 Å². The lowest BCUT2D eigenvalue weighted by Gasteiger charge is -2.25. The van der Waals surface area contributed by atoms with Crippen molar-refractivity contribution < 1.29 is 4.74 Å². The molecule has 90 valence electrons. The number of benzene rings is 1. The second-order valence-corrected chi connectivity index (χ2v) is 4.20. The van der Waals surface area contributed by atoms with Crippen molar-refractivity contribution in [2.75, 3.05) is 20.2 Å². The van der Waals surface area contributed by atoms with Crippen LogP contribution in [0, 0.1) is 0 Å². The predicted molar refractivity (Wildman–Crippen MR) is 67.6 cm³/mol. The zero-order chi connectivity index (χ0) is 12.0. The number of nitrogens with zero attached hydrogens (tertiary/aromatic N) is 1. The maximum atomic E-state index is 5.61. The van der Waals surface area contributed by atoms with E-state index in [4.69, 9.17) is 10.5 Å². The lowest BCUT2D eigenvalue weighted by Crippen LogP contribution is -2.34. The summed E-state index contributed by atoms with van der Waals surface area (Å²) in [5.74, 6) is 0.911. The number of hydrogen-bond donors (Lipinski definition) is 1. The van der Waals surface area contributed by atoms with E-state index >= 15 is 0 Å². The highest BCUT2D eigenvalue weighted by Crippen LogP contribution is 2.15. The Bertz CT molecular complexity index is 313. The van der Waals surface area contributed by atoms with E-state index in [1.807, 2.05) is 12.1 Å². The lowest BCUT2D eigenvalue weighted by molar-refractivity contribution is 0.219. The van der Waals surface area contributed by atoms with Crippen LogP contribution in [0.4, 0.5) is 0 Å². The predicted octanol–water partition coefficient (Wildman–Crippen LogP) is 1.86. The molecule has 0 aliphatic carbocycles. The highest BCUT2D eigenvalue weighted by Gasteiger charge is 2.09. The fourth-order valence-electron chi connectivity index (χ4n) is 1.69. The molecule has 0 spiro atoms. The molecule has 1 rings (SSSR count). The molecule has 2 N–H and O–H groups in total. The number of ether oxygens (including phenoxy) is 1. The summed E-state index contributed by atoms with van der Waals surface area (Å²) in [5, 5.41) is 0. The first kappa shape index (κ1) is 13.0. The first-order valence-electron chi connectivity index (χ1n) is 5.74. The second kappa shape index (κ2) is 6.51. The maximum absolute atomic E-state index is 5.61. The summed E-state index contributed by atoms with van der Waals surface area (Å²) in [6, 6.07) is 8.69. The van der Waals surface area contributed by atoms with Crippen molar-refractivity contribution in [3.8, 4) is 5.75 Å². The van der Waals surface area contributed by atoms with Crippen LogP contribution in [0.25, 0.3) is 0 Å². The quantitative estimate of drug-likeness (QED) is 0.798. The van der Waals surface area contributed by atoms with Crippen molar-refractivity contribution in [3.63, 3.8) is 0 Å². The summed E-state index contributed by atoms with van der Waals surface area (Å²) in [6.07, 6.45) is 0. The molecule has 0 saturated carbocycles. The van der Waals surface area contributed by atoms with Gasteiger partial charge in [-0.25, -0.2) is 0 Å². The Morgan fingerprint density at radius 3 is 2.69 bits per heavy atom. The van der Waals surface area contributed by atoms with Crippen LogP contribution in [-0.2, 0) is 6.54 Å². The minimum Gasteiger partial charge on any atom is -0.497 e. The van der Waals surface area contributed by atoms with E-state index < -0.39 is 0 Å². The third-order valence-corrected chi connectivity index (χ3v) is 2.67. The third kappa shape index (κ3) is 3.83. The molecule has 1 aromatic rings. The molecule has 0 radical (unpaired) electrons. The standard InChI is InChI=1S/C13H22N2O/c1-11(2)15(8-7-14)10-12-5-4-6-13(9-12)16-3/h4-6,9,11H,7-8,10,14H2,1-3H3. The SMILES string of the molecule is COc1cccc(CN(CCN)C(C)C)c1. The van der Waals surface area contributed by atoms with Gasteiger partial charge in [-0.1, -0.05) is 12.1 Å². The Labute approximate surface area is 98.2 Å². The van der Waals surface area contributed by atoms with Crippen molar-refractivity contribution in [3.05, 3.63) is 29.8 Å². The highest BCUT2D eigenvalue weighted by molar-refractivity contribution is 5.28. The van der Waals surface area contributed by atoms with Crippen molar-refractivity contribution in [2.24, 2.45) is 5.73 Å². The van der Waals surface area contributed by atoms with Crippen LogP contribution in [0.5, 0.6) is 5.75 Å². The first-order valence-corrected chi connectivity index (χ1v) is 5.74. The molecule has 0 saturated heterocycles. The zero-order valence-corrected chi connectivity index (χ0v) is 10.4. The number of methoxy groups -OCH3 is 1. The molecule has 3 heteroatoms. The molecule has 0 atom stereocenters. The lowest BCUT2D eigenvalue weighted by atomic mass is 10.2. The van der Waals surface area contributed by atoms with Crippen LogP contribution >= 0.6 is 0 Å². The molecule has 0 unspecified atom stereocenters. The van der Waals surface area contributed by atoms with Gasteiger partial charge in [-0.2, -0.15) is 0 Å². The van der Waals surface area contributed by atoms with Crippen LogP contribution in [0.15, 0.2) is 24.3 Å². The normalized spacial score (nSPS) is 11.1. The summed E-state index contributed by atoms with van der Waals surface area (Å²) in [5.41, 5.74) is 6.88. The van der Waals surface area contributed by atoms with Gasteiger partial charge in [-0.15, -0.1) is 0 Å². The molecule has 0 bridgehead atoms. The summed E-state index contributed by atoms with van der Waals surface area (Å²) >= 11 is 0. The molecular formula is C13H22N2O. The van der Waals surface area contributed by atoms with Crippen LogP contribution in [0.3, 0.4) is 0 Å². The van der Waals surface area contributed by atoms with E-state index in [0.717, 1.165) is 18.8 Å². The van der Waals surface area contributed by atoms with Crippen LogP contribution < -0.4 is 10.5 Å². The second-order valence-electron chi connectivity index (χ2n) is 4.20. The molecule has 0 aromatic heterocycles. The van der Waals surface area contributed by atoms with Crippen LogP contribution in [0.1, 0.15) is 19.4 Å². The van der Waals surface area contributed by atoms with E-state index in [-0.39, 0.29) is 0 Å². The molecule has 0 fully saturated rings. The smallest absolute Gasteiger partial charge is 0.119 e. The monoisotopic (exact) mass is 222 g/mol. The van der Waals surface area contributed by atoms with E-state index in [2.05, 4.69) is 30.9 Å². The number of rotatable bonds is 6. The van der Waals surface area contributed by atoms with Crippen molar-refractivity contribution >= 4 is 0 Å². The zero-order valence-electron chi connectivity index (χ0n) is 10.4. The van der Waals surface area contributed by atoms with Gasteiger partial charge in [0.2, 0.25) is 0 Å². The van der Waals surface area contributed by atoms with E-state index in [9.17, 15) is 0 Å². The average molecular weight is 222 g/mol. The minimum absolute atomic E-state index is 0.509. The summed E-state index contributed by atoms with van der Waals surface area (Å²) in [7, 11) is 1.69. The van der Waals surface area contributed by atoms with Gasteiger partial charge in [0, 0.05) is 25.7 Å². The van der Waals surface area contributed by atoms with Gasteiger partial charge in [-0.3, -0.25) is 4.90 Å². The minimum atomic E-state index is 0.509. The van der Waals surface area contributed by atoms with E-state index in [1.165, 1.54) is 5.56 Å². The fourth-order valence-corrected chi connectivity index (χ4v) is 1.69. The van der Waals surface area contributed by atoms with E-state index in [1.54, 1.807) is 7.11 Å². The largest absolute Gasteiger partial charge is 0.497 e. The van der Waals surface area contributed by atoms with Gasteiger partial charge < -0.3 is 10.5 Å². The van der Waals surface area contributed by atoms with Gasteiger partial charge in [0.05, 0.1) is 7.11 Å². The molecule has 1 aromatic carbocycles. The van der Waals surface area contributed by atoms with Crippen molar-refractivity contribution in [1.29, 1.82) is 0 Å². The fraction of sp³-hybridized carbons (Fsp3) is 0.538. The Kier molecular flexibility index (Phi) is 5.29. The number of hydrogen-bond acceptors (Lipinski definition) is 3. The third-order valence-electron chi connectivity index (χ3n) is 2.67. The molecule has 0 aliphatic rings. The van der Waals surface area contributed by atoms with Crippen LogP contribution in [-0.4, -0.2) is 31.1 Å². The molecule has 0 heterocycles. The summed E-state index contributed by atoms with van der Waals surface area (Å²) < 4.78 is 5.21. The van der Waals surface area contributed by atoms with Gasteiger partial charge in [0.1, 0.15) is 5.75 Å². The highest BCUT2D eigenvalue weighted by atomic mass is 16.5. The summed E-state index contributed by atoms with van der Waals surface area (Å²) in [6.45, 7) is 6.93. The van der Waals surface area contributed by atoms with Crippen LogP contribution in [0.2, 0.25) is 0 Å². The summed E-state index contributed by atoms with van der Waals surface area (Å²) in [4.78, 5) is 2.36. The van der Waals surface area contributed by atoms with Gasteiger partial charge >= 0.3 is 0 Å².